The van der Waals surface area contributed by atoms with Crippen LogP contribution in [0.4, 0.5) is 10.8 Å². The first-order valence-electron chi connectivity index (χ1n) is 10.5. The Morgan fingerprint density at radius 2 is 1.94 bits per heavy atom. The number of fused-ring (bicyclic) bond motifs is 1. The Hall–Kier alpha value is -2.99. The predicted molar refractivity (Wildman–Crippen MR) is 130 cm³/mol. The first kappa shape index (κ1) is 24.1. The van der Waals surface area contributed by atoms with Gasteiger partial charge >= 0.3 is 0 Å². The van der Waals surface area contributed by atoms with Gasteiger partial charge in [0.1, 0.15) is 5.56 Å². The van der Waals surface area contributed by atoms with Crippen LogP contribution in [-0.2, 0) is 4.74 Å². The van der Waals surface area contributed by atoms with E-state index in [1.165, 1.54) is 42.6 Å². The summed E-state index contributed by atoms with van der Waals surface area (Å²) in [6.45, 7) is 3.58. The third kappa shape index (κ3) is 5.07. The Morgan fingerprint density at radius 1 is 1.24 bits per heavy atom. The monoisotopic (exact) mass is 506 g/mol. The van der Waals surface area contributed by atoms with Crippen molar-refractivity contribution < 1.29 is 23.9 Å². The fourth-order valence-corrected chi connectivity index (χ4v) is 4.95. The van der Waals surface area contributed by atoms with Crippen LogP contribution in [-0.4, -0.2) is 74.3 Å². The molecular formula is C22H23ClN4O6S. The van der Waals surface area contributed by atoms with Crippen LogP contribution in [0.15, 0.2) is 30.3 Å². The third-order valence-electron chi connectivity index (χ3n) is 5.49. The van der Waals surface area contributed by atoms with Gasteiger partial charge in [-0.15, -0.1) is 0 Å². The van der Waals surface area contributed by atoms with Gasteiger partial charge < -0.3 is 14.2 Å². The maximum Gasteiger partial charge on any atom is 0.286 e. The van der Waals surface area contributed by atoms with Crippen molar-refractivity contribution >= 4 is 49.9 Å². The molecule has 34 heavy (non-hydrogen) atoms. The summed E-state index contributed by atoms with van der Waals surface area (Å²) < 4.78 is 16.7. The molecule has 12 heteroatoms. The first-order chi connectivity index (χ1) is 16.4. The lowest BCUT2D eigenvalue weighted by Crippen LogP contribution is -2.43. The van der Waals surface area contributed by atoms with Crippen molar-refractivity contribution in [1.29, 1.82) is 0 Å². The van der Waals surface area contributed by atoms with Gasteiger partial charge in [-0.2, -0.15) is 0 Å². The number of benzene rings is 2. The molecule has 1 aliphatic heterocycles. The third-order valence-corrected chi connectivity index (χ3v) is 6.76. The number of carbonyl (C=O) groups is 1. The number of nitro groups is 1. The Kier molecular flexibility index (Phi) is 7.47. The van der Waals surface area contributed by atoms with Crippen molar-refractivity contribution in [1.82, 2.24) is 9.88 Å². The standard InChI is InChI=1S/C22H23ClN4O6S/c1-31-18-12-15(17(27(29)30)13-19(18)32-2)21(28)26(6-5-25-7-9-33-10-8-25)22-24-16-4-3-14(23)11-20(16)34-22/h3-4,11-13H,5-10H2,1-2H3. The number of aromatic nitrogens is 1. The highest BCUT2D eigenvalue weighted by Crippen LogP contribution is 2.37. The summed E-state index contributed by atoms with van der Waals surface area (Å²) in [5.41, 5.74) is 0.209. The maximum atomic E-state index is 13.8. The highest BCUT2D eigenvalue weighted by atomic mass is 35.5. The van der Waals surface area contributed by atoms with Gasteiger partial charge in [-0.3, -0.25) is 24.7 Å². The fourth-order valence-electron chi connectivity index (χ4n) is 3.69. The molecule has 1 aliphatic rings. The Bertz CT molecular complexity index is 1210. The highest BCUT2D eigenvalue weighted by molar-refractivity contribution is 7.22. The second-order valence-electron chi connectivity index (χ2n) is 7.50. The number of amides is 1. The van der Waals surface area contributed by atoms with E-state index in [0.29, 0.717) is 35.4 Å². The molecule has 3 aromatic rings. The molecule has 1 aromatic heterocycles. The molecule has 180 valence electrons. The molecule has 1 amide bonds. The van der Waals surface area contributed by atoms with E-state index >= 15 is 0 Å². The van der Waals surface area contributed by atoms with Crippen LogP contribution in [0.2, 0.25) is 5.02 Å². The summed E-state index contributed by atoms with van der Waals surface area (Å²) in [4.78, 5) is 33.3. The lowest BCUT2D eigenvalue weighted by Gasteiger charge is -2.29. The number of hydrogen-bond donors (Lipinski definition) is 0. The lowest BCUT2D eigenvalue weighted by molar-refractivity contribution is -0.385. The van der Waals surface area contributed by atoms with Crippen LogP contribution in [0, 0.1) is 10.1 Å². The second kappa shape index (κ2) is 10.5. The number of nitrogens with zero attached hydrogens (tertiary/aromatic N) is 4. The minimum atomic E-state index is -0.604. The second-order valence-corrected chi connectivity index (χ2v) is 8.95. The molecular weight excluding hydrogens is 484 g/mol. The van der Waals surface area contributed by atoms with Gasteiger partial charge in [0.2, 0.25) is 0 Å². The summed E-state index contributed by atoms with van der Waals surface area (Å²) in [6, 6.07) is 7.82. The van der Waals surface area contributed by atoms with E-state index < -0.39 is 10.8 Å². The van der Waals surface area contributed by atoms with E-state index in [2.05, 4.69) is 9.88 Å². The average molecular weight is 507 g/mol. The first-order valence-corrected chi connectivity index (χ1v) is 11.7. The Morgan fingerprint density at radius 3 is 2.62 bits per heavy atom. The van der Waals surface area contributed by atoms with E-state index in [1.54, 1.807) is 18.2 Å². The summed E-state index contributed by atoms with van der Waals surface area (Å²) in [6.07, 6.45) is 0. The normalized spacial score (nSPS) is 14.2. The number of methoxy groups -OCH3 is 2. The Labute approximate surface area is 204 Å². The van der Waals surface area contributed by atoms with Crippen LogP contribution < -0.4 is 14.4 Å². The fraction of sp³-hybridized carbons (Fsp3) is 0.364. The zero-order valence-electron chi connectivity index (χ0n) is 18.7. The number of hydrogen-bond acceptors (Lipinski definition) is 9. The van der Waals surface area contributed by atoms with E-state index in [-0.39, 0.29) is 29.3 Å². The molecule has 1 fully saturated rings. The molecule has 0 spiro atoms. The zero-order chi connectivity index (χ0) is 24.2. The predicted octanol–water partition coefficient (Wildman–Crippen LogP) is 3.85. The van der Waals surface area contributed by atoms with Crippen LogP contribution in [0.25, 0.3) is 10.2 Å². The number of morpholine rings is 1. The van der Waals surface area contributed by atoms with Gasteiger partial charge in [0.25, 0.3) is 11.6 Å². The van der Waals surface area contributed by atoms with E-state index in [1.807, 2.05) is 0 Å². The Balaban J connectivity index is 1.75. The molecule has 2 aromatic carbocycles. The molecule has 4 rings (SSSR count). The number of carbonyl (C=O) groups excluding carboxylic acids is 1. The molecule has 0 saturated carbocycles. The van der Waals surface area contributed by atoms with Crippen molar-refractivity contribution in [3.63, 3.8) is 0 Å². The summed E-state index contributed by atoms with van der Waals surface area (Å²) in [5.74, 6) is -0.160. The summed E-state index contributed by atoms with van der Waals surface area (Å²) in [7, 11) is 2.79. The number of anilines is 1. The summed E-state index contributed by atoms with van der Waals surface area (Å²) >= 11 is 7.43. The molecule has 0 radical (unpaired) electrons. The minimum Gasteiger partial charge on any atom is -0.493 e. The van der Waals surface area contributed by atoms with E-state index in [9.17, 15) is 14.9 Å². The maximum absolute atomic E-state index is 13.8. The molecule has 0 aliphatic carbocycles. The van der Waals surface area contributed by atoms with Gasteiger partial charge in [-0.25, -0.2) is 4.98 Å². The van der Waals surface area contributed by atoms with Gasteiger partial charge in [0.15, 0.2) is 16.6 Å². The van der Waals surface area contributed by atoms with Crippen molar-refractivity contribution in [3.8, 4) is 11.5 Å². The van der Waals surface area contributed by atoms with E-state index in [4.69, 9.17) is 25.8 Å². The minimum absolute atomic E-state index is 0.109. The number of ether oxygens (including phenoxy) is 3. The molecule has 2 heterocycles. The molecule has 1 saturated heterocycles. The van der Waals surface area contributed by atoms with Crippen LogP contribution >= 0.6 is 22.9 Å². The molecule has 0 atom stereocenters. The van der Waals surface area contributed by atoms with Crippen molar-refractivity contribution in [3.05, 3.63) is 51.0 Å². The SMILES string of the molecule is COc1cc(C(=O)N(CCN2CCOCC2)c2nc3ccc(Cl)cc3s2)c([N+](=O)[O-])cc1OC. The number of rotatable bonds is 8. The van der Waals surface area contributed by atoms with Gasteiger partial charge in [0.05, 0.1) is 48.6 Å². The highest BCUT2D eigenvalue weighted by Gasteiger charge is 2.30. The van der Waals surface area contributed by atoms with Crippen molar-refractivity contribution in [2.75, 3.05) is 58.5 Å². The molecule has 0 unspecified atom stereocenters. The lowest BCUT2D eigenvalue weighted by atomic mass is 10.1. The van der Waals surface area contributed by atoms with Gasteiger partial charge in [-0.1, -0.05) is 22.9 Å². The van der Waals surface area contributed by atoms with E-state index in [0.717, 1.165) is 17.8 Å². The topological polar surface area (TPSA) is 107 Å². The van der Waals surface area contributed by atoms with Gasteiger partial charge in [0, 0.05) is 37.3 Å². The number of nitro benzene ring substituents is 1. The molecule has 0 N–H and O–H groups in total. The number of thiazole rings is 1. The number of halogens is 1. The summed E-state index contributed by atoms with van der Waals surface area (Å²) in [5, 5.41) is 12.8. The molecule has 10 nitrogen and oxygen atoms in total. The smallest absolute Gasteiger partial charge is 0.286 e. The van der Waals surface area contributed by atoms with Crippen LogP contribution in [0.5, 0.6) is 11.5 Å². The quantitative estimate of drug-likeness (QED) is 0.335. The zero-order valence-corrected chi connectivity index (χ0v) is 20.2. The molecule has 0 bridgehead atoms. The average Bonchev–Trinajstić information content (AvgIpc) is 3.26. The van der Waals surface area contributed by atoms with Crippen molar-refractivity contribution in [2.24, 2.45) is 0 Å². The van der Waals surface area contributed by atoms with Crippen molar-refractivity contribution in [2.45, 2.75) is 0 Å². The van der Waals surface area contributed by atoms with Crippen LogP contribution in [0.1, 0.15) is 10.4 Å². The van der Waals surface area contributed by atoms with Crippen LogP contribution in [0.3, 0.4) is 0 Å². The van der Waals surface area contributed by atoms with Gasteiger partial charge in [-0.05, 0) is 18.2 Å². The largest absolute Gasteiger partial charge is 0.493 e.